The molecule has 1 heterocycles. The number of aromatic hydroxyl groups is 2. The number of Topliss-reactive ketones (excluding diaryl/α,β-unsaturated/α-hetero) is 2. The molecule has 8 heteroatoms. The monoisotopic (exact) mass is 548 g/mol. The quantitative estimate of drug-likeness (QED) is 0.269. The van der Waals surface area contributed by atoms with E-state index in [1.54, 1.807) is 43.3 Å². The summed E-state index contributed by atoms with van der Waals surface area (Å²) in [6.07, 6.45) is 0. The topological polar surface area (TPSA) is 90.3 Å². The third-order valence-electron chi connectivity index (χ3n) is 7.62. The van der Waals surface area contributed by atoms with Crippen LogP contribution in [0, 0.1) is 24.6 Å². The summed E-state index contributed by atoms with van der Waals surface area (Å²) >= 11 is 0. The van der Waals surface area contributed by atoms with Crippen molar-refractivity contribution in [2.75, 3.05) is 53.5 Å². The van der Waals surface area contributed by atoms with Crippen LogP contribution in [0.3, 0.4) is 0 Å². The van der Waals surface area contributed by atoms with E-state index >= 15 is 0 Å². The van der Waals surface area contributed by atoms with Crippen LogP contribution in [0.2, 0.25) is 0 Å². The Morgan fingerprint density at radius 2 is 1.45 bits per heavy atom. The second-order valence-corrected chi connectivity index (χ2v) is 10.7. The lowest BCUT2D eigenvalue weighted by molar-refractivity contribution is 0.0422. The molecule has 2 N–H and O–H groups in total. The highest BCUT2D eigenvalue weighted by molar-refractivity contribution is 6.02. The summed E-state index contributed by atoms with van der Waals surface area (Å²) in [6.45, 7) is 4.63. The molecule has 7 nitrogen and oxygen atoms in total. The van der Waals surface area contributed by atoms with Crippen molar-refractivity contribution in [1.82, 2.24) is 9.80 Å². The van der Waals surface area contributed by atoms with Crippen molar-refractivity contribution in [1.29, 1.82) is 0 Å². The number of carbonyl (C=O) groups excluding carboxylic acids is 2. The normalized spacial score (nSPS) is 19.6. The first kappa shape index (κ1) is 29.4. The van der Waals surface area contributed by atoms with Crippen molar-refractivity contribution in [3.63, 3.8) is 0 Å². The number of phenols is 2. The van der Waals surface area contributed by atoms with Gasteiger partial charge in [-0.1, -0.05) is 36.4 Å². The van der Waals surface area contributed by atoms with Crippen molar-refractivity contribution in [2.45, 2.75) is 12.8 Å². The number of phenolic OH excluding ortho intramolecular Hbond substituents is 2. The molecule has 3 aromatic rings. The van der Waals surface area contributed by atoms with Crippen molar-refractivity contribution in [3.05, 3.63) is 94.8 Å². The van der Waals surface area contributed by atoms with E-state index in [-0.39, 0.29) is 23.1 Å². The van der Waals surface area contributed by atoms with Crippen molar-refractivity contribution in [3.8, 4) is 11.5 Å². The van der Waals surface area contributed by atoms with Crippen LogP contribution in [-0.2, 0) is 4.74 Å². The fourth-order valence-corrected chi connectivity index (χ4v) is 5.52. The summed E-state index contributed by atoms with van der Waals surface area (Å²) < 4.78 is 20.7. The predicted molar refractivity (Wildman–Crippen MR) is 152 cm³/mol. The first-order chi connectivity index (χ1) is 19.2. The fourth-order valence-electron chi connectivity index (χ4n) is 5.52. The Hall–Kier alpha value is -3.59. The number of hydrogen-bond donors (Lipinski definition) is 2. The Balaban J connectivity index is 1.75. The van der Waals surface area contributed by atoms with Crippen LogP contribution >= 0.6 is 0 Å². The number of rotatable bonds is 11. The lowest BCUT2D eigenvalue weighted by atomic mass is 9.68. The SMILES string of the molecule is Cc1c(F)cccc1C1C(C(=O)c2cccc(O)c2)CN(CCOCCN(C)C)CC1C(=O)c1cccc(O)c1. The largest absolute Gasteiger partial charge is 0.508 e. The van der Waals surface area contributed by atoms with Gasteiger partial charge in [-0.3, -0.25) is 14.5 Å². The number of hydrogen-bond acceptors (Lipinski definition) is 7. The van der Waals surface area contributed by atoms with E-state index in [1.807, 2.05) is 19.0 Å². The Labute approximate surface area is 234 Å². The zero-order chi connectivity index (χ0) is 28.8. The Morgan fingerprint density at radius 1 is 0.900 bits per heavy atom. The van der Waals surface area contributed by atoms with Gasteiger partial charge in [0.15, 0.2) is 11.6 Å². The number of likely N-dealkylation sites (tertiary alicyclic amines) is 1. The number of likely N-dealkylation sites (N-methyl/N-ethyl adjacent to an activating group) is 1. The van der Waals surface area contributed by atoms with Gasteiger partial charge in [-0.2, -0.15) is 0 Å². The lowest BCUT2D eigenvalue weighted by Gasteiger charge is -2.43. The molecular weight excluding hydrogens is 511 g/mol. The van der Waals surface area contributed by atoms with Gasteiger partial charge in [0.25, 0.3) is 0 Å². The highest BCUT2D eigenvalue weighted by Gasteiger charge is 2.45. The Morgan fingerprint density at radius 3 is 1.98 bits per heavy atom. The maximum absolute atomic E-state index is 14.8. The Bertz CT molecular complexity index is 1280. The molecule has 0 aromatic heterocycles. The van der Waals surface area contributed by atoms with Crippen molar-refractivity contribution in [2.24, 2.45) is 11.8 Å². The molecule has 1 aliphatic rings. The second-order valence-electron chi connectivity index (χ2n) is 10.7. The van der Waals surface area contributed by atoms with Gasteiger partial charge >= 0.3 is 0 Å². The number of ether oxygens (including phenoxy) is 1. The summed E-state index contributed by atoms with van der Waals surface area (Å²) in [6, 6.07) is 17.1. The molecule has 1 saturated heterocycles. The number of piperidine rings is 1. The molecule has 40 heavy (non-hydrogen) atoms. The molecule has 0 radical (unpaired) electrons. The van der Waals surface area contributed by atoms with Gasteiger partial charge in [-0.05, 0) is 62.5 Å². The van der Waals surface area contributed by atoms with Crippen LogP contribution in [0.15, 0.2) is 66.7 Å². The van der Waals surface area contributed by atoms with Crippen molar-refractivity contribution < 1.29 is 28.9 Å². The van der Waals surface area contributed by atoms with Gasteiger partial charge in [-0.15, -0.1) is 0 Å². The van der Waals surface area contributed by atoms with Crippen LogP contribution in [0.4, 0.5) is 4.39 Å². The van der Waals surface area contributed by atoms with Crippen LogP contribution in [0.1, 0.15) is 37.8 Å². The second kappa shape index (κ2) is 13.2. The highest BCUT2D eigenvalue weighted by Crippen LogP contribution is 2.42. The van der Waals surface area contributed by atoms with E-state index in [9.17, 15) is 24.2 Å². The van der Waals surface area contributed by atoms with Crippen LogP contribution in [-0.4, -0.2) is 85.1 Å². The molecule has 0 aliphatic carbocycles. The minimum atomic E-state index is -0.691. The minimum absolute atomic E-state index is 0.0290. The van der Waals surface area contributed by atoms with Gasteiger partial charge in [0, 0.05) is 55.1 Å². The molecule has 212 valence electrons. The van der Waals surface area contributed by atoms with Crippen LogP contribution < -0.4 is 0 Å². The molecule has 4 rings (SSSR count). The molecule has 0 saturated carbocycles. The maximum Gasteiger partial charge on any atom is 0.167 e. The van der Waals surface area contributed by atoms with Crippen LogP contribution in [0.5, 0.6) is 11.5 Å². The Kier molecular flexibility index (Phi) is 9.68. The van der Waals surface area contributed by atoms with Gasteiger partial charge in [0.1, 0.15) is 17.3 Å². The average Bonchev–Trinajstić information content (AvgIpc) is 2.93. The van der Waals surface area contributed by atoms with Crippen LogP contribution in [0.25, 0.3) is 0 Å². The average molecular weight is 549 g/mol. The van der Waals surface area contributed by atoms with E-state index in [1.165, 1.54) is 30.3 Å². The standard InChI is InChI=1S/C32H37FN2O5/c1-21-26(11-6-12-29(21)33)30-27(31(38)22-7-4-9-24(36)17-22)19-35(14-16-40-15-13-34(2)3)20-28(30)32(39)23-8-5-10-25(37)18-23/h4-12,17-18,27-28,30,36-37H,13-16,19-20H2,1-3H3. The van der Waals surface area contributed by atoms with Gasteiger partial charge in [0.2, 0.25) is 0 Å². The summed E-state index contributed by atoms with van der Waals surface area (Å²) in [5.41, 5.74) is 1.67. The number of ketones is 2. The molecule has 0 amide bonds. The molecule has 3 aromatic carbocycles. The summed E-state index contributed by atoms with van der Waals surface area (Å²) in [7, 11) is 3.94. The van der Waals surface area contributed by atoms with Gasteiger partial charge in [0.05, 0.1) is 13.2 Å². The van der Waals surface area contributed by atoms with Crippen molar-refractivity contribution >= 4 is 11.6 Å². The molecule has 1 fully saturated rings. The first-order valence-electron chi connectivity index (χ1n) is 13.5. The molecule has 1 aliphatic heterocycles. The number of halogens is 1. The zero-order valence-electron chi connectivity index (χ0n) is 23.2. The minimum Gasteiger partial charge on any atom is -0.508 e. The third kappa shape index (κ3) is 6.94. The molecule has 2 unspecified atom stereocenters. The summed E-state index contributed by atoms with van der Waals surface area (Å²) in [4.78, 5) is 32.2. The van der Waals surface area contributed by atoms with Gasteiger partial charge < -0.3 is 19.8 Å². The summed E-state index contributed by atoms with van der Waals surface area (Å²) in [5, 5.41) is 20.2. The number of nitrogens with zero attached hydrogens (tertiary/aromatic N) is 2. The summed E-state index contributed by atoms with van der Waals surface area (Å²) in [5.74, 6) is -2.91. The predicted octanol–water partition coefficient (Wildman–Crippen LogP) is 4.52. The van der Waals surface area contributed by atoms with E-state index in [0.29, 0.717) is 55.1 Å². The molecule has 0 bridgehead atoms. The number of benzene rings is 3. The number of carbonyl (C=O) groups is 2. The lowest BCUT2D eigenvalue weighted by Crippen LogP contribution is -2.51. The first-order valence-corrected chi connectivity index (χ1v) is 13.5. The van der Waals surface area contributed by atoms with E-state index in [4.69, 9.17) is 4.74 Å². The zero-order valence-corrected chi connectivity index (χ0v) is 23.2. The maximum atomic E-state index is 14.8. The molecular formula is C32H37FN2O5. The van der Waals surface area contributed by atoms with Gasteiger partial charge in [-0.25, -0.2) is 4.39 Å². The molecule has 0 spiro atoms. The molecule has 2 atom stereocenters. The van der Waals surface area contributed by atoms with E-state index in [2.05, 4.69) is 4.90 Å². The smallest absolute Gasteiger partial charge is 0.167 e. The van der Waals surface area contributed by atoms with E-state index < -0.39 is 23.6 Å². The fraction of sp³-hybridized carbons (Fsp3) is 0.375. The van der Waals surface area contributed by atoms with E-state index in [0.717, 1.165) is 6.54 Å². The third-order valence-corrected chi connectivity index (χ3v) is 7.62. The highest BCUT2D eigenvalue weighted by atomic mass is 19.1.